The number of rotatable bonds is 2. The van der Waals surface area contributed by atoms with Gasteiger partial charge in [-0.1, -0.05) is 19.9 Å². The third kappa shape index (κ3) is 2.83. The van der Waals surface area contributed by atoms with Gasteiger partial charge in [0.1, 0.15) is 0 Å². The third-order valence-electron chi connectivity index (χ3n) is 3.72. The lowest BCUT2D eigenvalue weighted by Gasteiger charge is -2.40. The zero-order valence-corrected chi connectivity index (χ0v) is 10.6. The maximum Gasteiger partial charge on any atom is 0.0674 e. The molecular weight excluding hydrogens is 210 g/mol. The van der Waals surface area contributed by atoms with Crippen LogP contribution in [0.1, 0.15) is 26.0 Å². The van der Waals surface area contributed by atoms with Crippen LogP contribution in [0.15, 0.2) is 24.4 Å². The lowest BCUT2D eigenvalue weighted by Crippen LogP contribution is -2.43. The number of aromatic nitrogens is 1. The molecule has 0 bridgehead atoms. The normalized spacial score (nSPS) is 24.2. The predicted molar refractivity (Wildman–Crippen MR) is 67.0 cm³/mol. The minimum atomic E-state index is 0.125. The molecule has 1 aromatic rings. The molecule has 1 aliphatic heterocycles. The van der Waals surface area contributed by atoms with Crippen molar-refractivity contribution >= 4 is 0 Å². The zero-order valence-electron chi connectivity index (χ0n) is 10.6. The molecule has 90 valence electrons. The third-order valence-corrected chi connectivity index (χ3v) is 3.72. The van der Waals surface area contributed by atoms with Crippen LogP contribution in [-0.4, -0.2) is 23.0 Å². The van der Waals surface area contributed by atoms with E-state index in [0.29, 0.717) is 0 Å². The molecule has 0 radical (unpaired) electrons. The Balaban J connectivity index is 1.99. The molecule has 1 saturated heterocycles. The largest absolute Gasteiger partial charge is 0.296 e. The average molecular weight is 229 g/mol. The molecule has 1 aromatic heterocycles. The smallest absolute Gasteiger partial charge is 0.0674 e. The topological polar surface area (TPSA) is 39.9 Å². The second kappa shape index (κ2) is 4.85. The summed E-state index contributed by atoms with van der Waals surface area (Å²) in [6.07, 6.45) is 2.91. The van der Waals surface area contributed by atoms with Crippen molar-refractivity contribution in [3.05, 3.63) is 30.1 Å². The first-order valence-corrected chi connectivity index (χ1v) is 6.14. The second-order valence-electron chi connectivity index (χ2n) is 5.48. The van der Waals surface area contributed by atoms with Crippen LogP contribution in [0.4, 0.5) is 0 Å². The highest BCUT2D eigenvalue weighted by atomic mass is 15.1. The van der Waals surface area contributed by atoms with Crippen LogP contribution in [0.2, 0.25) is 0 Å². The van der Waals surface area contributed by atoms with Gasteiger partial charge in [0.05, 0.1) is 17.7 Å². The van der Waals surface area contributed by atoms with E-state index in [2.05, 4.69) is 29.8 Å². The first-order chi connectivity index (χ1) is 8.12. The molecule has 1 atom stereocenters. The van der Waals surface area contributed by atoms with Crippen LogP contribution in [0.3, 0.4) is 0 Å². The van der Waals surface area contributed by atoms with E-state index in [1.54, 1.807) is 0 Å². The van der Waals surface area contributed by atoms with Crippen molar-refractivity contribution in [2.75, 3.05) is 13.1 Å². The maximum atomic E-state index is 9.22. The SMILES string of the molecule is CC1(C)CCN(Cc2ccccn2)CC1C#N. The van der Waals surface area contributed by atoms with Gasteiger partial charge in [0, 0.05) is 19.3 Å². The van der Waals surface area contributed by atoms with Crippen LogP contribution in [0.25, 0.3) is 0 Å². The van der Waals surface area contributed by atoms with E-state index in [9.17, 15) is 5.26 Å². The number of hydrogen-bond donors (Lipinski definition) is 0. The molecule has 1 fully saturated rings. The Morgan fingerprint density at radius 3 is 3.00 bits per heavy atom. The van der Waals surface area contributed by atoms with Gasteiger partial charge in [0.25, 0.3) is 0 Å². The molecule has 1 aliphatic rings. The molecule has 0 amide bonds. The fourth-order valence-electron chi connectivity index (χ4n) is 2.30. The summed E-state index contributed by atoms with van der Waals surface area (Å²) in [6.45, 7) is 7.16. The van der Waals surface area contributed by atoms with E-state index in [4.69, 9.17) is 0 Å². The van der Waals surface area contributed by atoms with Gasteiger partial charge in [-0.25, -0.2) is 0 Å². The van der Waals surface area contributed by atoms with Crippen LogP contribution >= 0.6 is 0 Å². The monoisotopic (exact) mass is 229 g/mol. The van der Waals surface area contributed by atoms with Gasteiger partial charge in [-0.3, -0.25) is 9.88 Å². The molecule has 3 nitrogen and oxygen atoms in total. The summed E-state index contributed by atoms with van der Waals surface area (Å²) in [7, 11) is 0. The molecule has 0 saturated carbocycles. The second-order valence-corrected chi connectivity index (χ2v) is 5.48. The van der Waals surface area contributed by atoms with E-state index in [1.807, 2.05) is 24.4 Å². The highest BCUT2D eigenvalue weighted by molar-refractivity contribution is 5.05. The van der Waals surface area contributed by atoms with Crippen molar-refractivity contribution in [2.24, 2.45) is 11.3 Å². The van der Waals surface area contributed by atoms with Crippen molar-refractivity contribution in [1.29, 1.82) is 5.26 Å². The summed E-state index contributed by atoms with van der Waals surface area (Å²) in [5.41, 5.74) is 1.24. The Bertz CT molecular complexity index is 405. The minimum absolute atomic E-state index is 0.125. The first kappa shape index (κ1) is 12.1. The standard InChI is InChI=1S/C14H19N3/c1-14(2)6-8-17(10-12(14)9-15)11-13-5-3-4-7-16-13/h3-5,7,12H,6,8,10-11H2,1-2H3. The Labute approximate surface area is 103 Å². The molecule has 2 rings (SSSR count). The average Bonchev–Trinajstić information content (AvgIpc) is 2.33. The molecule has 0 aromatic carbocycles. The van der Waals surface area contributed by atoms with E-state index < -0.39 is 0 Å². The number of hydrogen-bond acceptors (Lipinski definition) is 3. The Kier molecular flexibility index (Phi) is 3.44. The van der Waals surface area contributed by atoms with Crippen LogP contribution in [-0.2, 0) is 6.54 Å². The van der Waals surface area contributed by atoms with Crippen LogP contribution < -0.4 is 0 Å². The van der Waals surface area contributed by atoms with Gasteiger partial charge >= 0.3 is 0 Å². The van der Waals surface area contributed by atoms with Gasteiger partial charge < -0.3 is 0 Å². The Morgan fingerprint density at radius 2 is 2.35 bits per heavy atom. The Hall–Kier alpha value is -1.40. The maximum absolute atomic E-state index is 9.22. The number of piperidine rings is 1. The lowest BCUT2D eigenvalue weighted by atomic mass is 9.74. The van der Waals surface area contributed by atoms with E-state index in [0.717, 1.165) is 31.7 Å². The molecule has 3 heteroatoms. The number of likely N-dealkylation sites (tertiary alicyclic amines) is 1. The zero-order chi connectivity index (χ0) is 12.3. The molecule has 2 heterocycles. The van der Waals surface area contributed by atoms with Gasteiger partial charge in [0.15, 0.2) is 0 Å². The van der Waals surface area contributed by atoms with Gasteiger partial charge in [0.2, 0.25) is 0 Å². The van der Waals surface area contributed by atoms with E-state index in [1.165, 1.54) is 0 Å². The number of nitriles is 1. The van der Waals surface area contributed by atoms with Crippen molar-refractivity contribution in [3.8, 4) is 6.07 Å². The van der Waals surface area contributed by atoms with Gasteiger partial charge in [-0.05, 0) is 30.5 Å². The highest BCUT2D eigenvalue weighted by Gasteiger charge is 2.35. The van der Waals surface area contributed by atoms with Crippen molar-refractivity contribution in [3.63, 3.8) is 0 Å². The summed E-state index contributed by atoms with van der Waals surface area (Å²) in [5, 5.41) is 9.22. The lowest BCUT2D eigenvalue weighted by molar-refractivity contribution is 0.0851. The molecule has 0 aliphatic carbocycles. The molecule has 0 spiro atoms. The Morgan fingerprint density at radius 1 is 1.53 bits per heavy atom. The van der Waals surface area contributed by atoms with Crippen LogP contribution in [0.5, 0.6) is 0 Å². The van der Waals surface area contributed by atoms with E-state index >= 15 is 0 Å². The molecular formula is C14H19N3. The molecule has 0 N–H and O–H groups in total. The summed E-state index contributed by atoms with van der Waals surface area (Å²) >= 11 is 0. The summed E-state index contributed by atoms with van der Waals surface area (Å²) in [6, 6.07) is 8.43. The van der Waals surface area contributed by atoms with Gasteiger partial charge in [-0.15, -0.1) is 0 Å². The fraction of sp³-hybridized carbons (Fsp3) is 0.571. The number of pyridine rings is 1. The summed E-state index contributed by atoms with van der Waals surface area (Å²) < 4.78 is 0. The van der Waals surface area contributed by atoms with Crippen molar-refractivity contribution in [2.45, 2.75) is 26.8 Å². The highest BCUT2D eigenvalue weighted by Crippen LogP contribution is 2.35. The first-order valence-electron chi connectivity index (χ1n) is 6.14. The molecule has 1 unspecified atom stereocenters. The van der Waals surface area contributed by atoms with Gasteiger partial charge in [-0.2, -0.15) is 5.26 Å². The van der Waals surface area contributed by atoms with Crippen molar-refractivity contribution in [1.82, 2.24) is 9.88 Å². The number of nitrogens with zero attached hydrogens (tertiary/aromatic N) is 3. The summed E-state index contributed by atoms with van der Waals surface area (Å²) in [4.78, 5) is 6.67. The summed E-state index contributed by atoms with van der Waals surface area (Å²) in [5.74, 6) is 0.125. The fourth-order valence-corrected chi connectivity index (χ4v) is 2.30. The quantitative estimate of drug-likeness (QED) is 0.782. The van der Waals surface area contributed by atoms with Crippen LogP contribution in [0, 0.1) is 22.7 Å². The minimum Gasteiger partial charge on any atom is -0.296 e. The van der Waals surface area contributed by atoms with Crippen molar-refractivity contribution < 1.29 is 0 Å². The van der Waals surface area contributed by atoms with E-state index in [-0.39, 0.29) is 11.3 Å². The predicted octanol–water partition coefficient (Wildman–Crippen LogP) is 2.45. The molecule has 17 heavy (non-hydrogen) atoms.